The van der Waals surface area contributed by atoms with Crippen LogP contribution in [0.25, 0.3) is 5.65 Å². The standard InChI is InChI=1S/C25H35N7O/c1-17(2)13-19-14-22(29(4)27-19)25(33)31-12-6-5-9-21(31)20-15-23-26-24(30-10-7-8-11-30)18(3)16-32(23)28-20/h14-17,21H,5-13H2,1-4H3. The lowest BCUT2D eigenvalue weighted by molar-refractivity contribution is 0.0594. The molecule has 2 saturated heterocycles. The summed E-state index contributed by atoms with van der Waals surface area (Å²) in [6, 6.07) is 4.00. The molecule has 3 aromatic rings. The minimum absolute atomic E-state index is 0.0352. The summed E-state index contributed by atoms with van der Waals surface area (Å²) in [6.07, 6.45) is 8.44. The van der Waals surface area contributed by atoms with E-state index < -0.39 is 0 Å². The molecular weight excluding hydrogens is 414 g/mol. The highest BCUT2D eigenvalue weighted by atomic mass is 16.2. The van der Waals surface area contributed by atoms with Crippen molar-refractivity contribution in [1.29, 1.82) is 0 Å². The number of nitrogens with zero attached hydrogens (tertiary/aromatic N) is 7. The molecule has 0 aromatic carbocycles. The summed E-state index contributed by atoms with van der Waals surface area (Å²) in [7, 11) is 1.87. The minimum atomic E-state index is -0.0352. The van der Waals surface area contributed by atoms with E-state index in [-0.39, 0.29) is 11.9 Å². The first-order valence-corrected chi connectivity index (χ1v) is 12.4. The van der Waals surface area contributed by atoms with Gasteiger partial charge in [-0.05, 0) is 57.4 Å². The number of aromatic nitrogens is 5. The van der Waals surface area contributed by atoms with Crippen molar-refractivity contribution in [2.24, 2.45) is 13.0 Å². The van der Waals surface area contributed by atoms with Crippen molar-refractivity contribution in [3.63, 3.8) is 0 Å². The first-order valence-electron chi connectivity index (χ1n) is 12.4. The molecule has 176 valence electrons. The second kappa shape index (κ2) is 8.80. The van der Waals surface area contributed by atoms with Crippen LogP contribution >= 0.6 is 0 Å². The van der Waals surface area contributed by atoms with Gasteiger partial charge >= 0.3 is 0 Å². The third kappa shape index (κ3) is 4.23. The van der Waals surface area contributed by atoms with Crippen molar-refractivity contribution >= 4 is 17.4 Å². The highest BCUT2D eigenvalue weighted by Gasteiger charge is 2.32. The van der Waals surface area contributed by atoms with Crippen molar-refractivity contribution in [1.82, 2.24) is 29.3 Å². The van der Waals surface area contributed by atoms with Crippen LogP contribution < -0.4 is 4.90 Å². The minimum Gasteiger partial charge on any atom is -0.356 e. The molecule has 1 amide bonds. The third-order valence-electron chi connectivity index (χ3n) is 6.90. The summed E-state index contributed by atoms with van der Waals surface area (Å²) in [5.41, 5.74) is 4.56. The van der Waals surface area contributed by atoms with Gasteiger partial charge in [0.05, 0.1) is 17.4 Å². The molecule has 33 heavy (non-hydrogen) atoms. The number of fused-ring (bicyclic) bond motifs is 1. The van der Waals surface area contributed by atoms with Crippen LogP contribution in [0.15, 0.2) is 18.3 Å². The second-order valence-electron chi connectivity index (χ2n) is 10.1. The zero-order valence-electron chi connectivity index (χ0n) is 20.3. The van der Waals surface area contributed by atoms with Crippen LogP contribution in [0.4, 0.5) is 5.82 Å². The monoisotopic (exact) mass is 449 g/mol. The zero-order chi connectivity index (χ0) is 23.1. The first-order chi connectivity index (χ1) is 15.9. The number of amides is 1. The molecule has 0 spiro atoms. The number of carbonyl (C=O) groups is 1. The first kappa shape index (κ1) is 21.9. The summed E-state index contributed by atoms with van der Waals surface area (Å²) in [6.45, 7) is 9.33. The van der Waals surface area contributed by atoms with Crippen molar-refractivity contribution in [2.45, 2.75) is 65.3 Å². The van der Waals surface area contributed by atoms with E-state index in [0.717, 1.165) is 73.7 Å². The van der Waals surface area contributed by atoms with Gasteiger partial charge in [0.25, 0.3) is 5.91 Å². The molecule has 8 heteroatoms. The lowest BCUT2D eigenvalue weighted by Crippen LogP contribution is -2.39. The fourth-order valence-electron chi connectivity index (χ4n) is 5.31. The second-order valence-corrected chi connectivity index (χ2v) is 10.1. The Morgan fingerprint density at radius 2 is 1.85 bits per heavy atom. The Balaban J connectivity index is 1.45. The van der Waals surface area contributed by atoms with E-state index >= 15 is 0 Å². The Morgan fingerprint density at radius 1 is 1.09 bits per heavy atom. The zero-order valence-corrected chi connectivity index (χ0v) is 20.3. The van der Waals surface area contributed by atoms with Gasteiger partial charge in [-0.1, -0.05) is 13.8 Å². The quantitative estimate of drug-likeness (QED) is 0.590. The number of carbonyl (C=O) groups excluding carboxylic acids is 1. The largest absolute Gasteiger partial charge is 0.356 e. The van der Waals surface area contributed by atoms with E-state index in [2.05, 4.69) is 43.0 Å². The summed E-state index contributed by atoms with van der Waals surface area (Å²) in [5, 5.41) is 9.47. The molecule has 5 rings (SSSR count). The van der Waals surface area contributed by atoms with Crippen LogP contribution in [0.5, 0.6) is 0 Å². The van der Waals surface area contributed by atoms with Gasteiger partial charge < -0.3 is 9.80 Å². The molecule has 0 bridgehead atoms. The predicted octanol–water partition coefficient (Wildman–Crippen LogP) is 3.94. The summed E-state index contributed by atoms with van der Waals surface area (Å²) in [5.74, 6) is 1.62. The Hall–Kier alpha value is -2.90. The van der Waals surface area contributed by atoms with Crippen LogP contribution in [0.2, 0.25) is 0 Å². The number of hydrogen-bond acceptors (Lipinski definition) is 5. The maximum Gasteiger partial charge on any atom is 0.272 e. The van der Waals surface area contributed by atoms with Gasteiger partial charge in [-0.25, -0.2) is 9.50 Å². The molecule has 0 radical (unpaired) electrons. The van der Waals surface area contributed by atoms with Crippen LogP contribution in [0.1, 0.15) is 79.4 Å². The van der Waals surface area contributed by atoms with Crippen molar-refractivity contribution in [3.05, 3.63) is 41.0 Å². The Morgan fingerprint density at radius 3 is 2.61 bits per heavy atom. The normalized spacial score (nSPS) is 19.2. The van der Waals surface area contributed by atoms with E-state index in [0.29, 0.717) is 11.6 Å². The molecule has 1 unspecified atom stereocenters. The Kier molecular flexibility index (Phi) is 5.85. The molecule has 2 aliphatic rings. The number of anilines is 1. The summed E-state index contributed by atoms with van der Waals surface area (Å²) < 4.78 is 3.62. The Bertz CT molecular complexity index is 1160. The van der Waals surface area contributed by atoms with E-state index in [9.17, 15) is 4.79 Å². The molecule has 3 aromatic heterocycles. The number of hydrogen-bond donors (Lipinski definition) is 0. The van der Waals surface area contributed by atoms with Crippen LogP contribution in [0, 0.1) is 12.8 Å². The van der Waals surface area contributed by atoms with Crippen molar-refractivity contribution in [2.75, 3.05) is 24.5 Å². The van der Waals surface area contributed by atoms with Crippen molar-refractivity contribution in [3.8, 4) is 0 Å². The summed E-state index contributed by atoms with van der Waals surface area (Å²) >= 11 is 0. The average molecular weight is 450 g/mol. The molecular formula is C25H35N7O. The van der Waals surface area contributed by atoms with E-state index in [1.807, 2.05) is 22.5 Å². The molecule has 0 N–H and O–H groups in total. The van der Waals surface area contributed by atoms with Gasteiger partial charge in [-0.2, -0.15) is 10.2 Å². The van der Waals surface area contributed by atoms with Gasteiger partial charge in [0.1, 0.15) is 11.5 Å². The van der Waals surface area contributed by atoms with Gasteiger partial charge in [0.2, 0.25) is 0 Å². The Labute approximate surface area is 195 Å². The lowest BCUT2D eigenvalue weighted by Gasteiger charge is -2.34. The van der Waals surface area contributed by atoms with Crippen LogP contribution in [-0.2, 0) is 13.5 Å². The third-order valence-corrected chi connectivity index (χ3v) is 6.90. The maximum atomic E-state index is 13.6. The summed E-state index contributed by atoms with van der Waals surface area (Å²) in [4.78, 5) is 22.9. The smallest absolute Gasteiger partial charge is 0.272 e. The van der Waals surface area contributed by atoms with Crippen LogP contribution in [-0.4, -0.2) is 54.8 Å². The number of piperidine rings is 1. The van der Waals surface area contributed by atoms with E-state index in [1.54, 1.807) is 4.68 Å². The SMILES string of the molecule is Cc1cn2nc(C3CCCCN3C(=O)c3cc(CC(C)C)nn3C)cc2nc1N1CCCC1. The molecule has 1 atom stereocenters. The molecule has 8 nitrogen and oxygen atoms in total. The van der Waals surface area contributed by atoms with Crippen LogP contribution in [0.3, 0.4) is 0 Å². The number of rotatable bonds is 5. The molecule has 5 heterocycles. The number of likely N-dealkylation sites (tertiary alicyclic amines) is 1. The maximum absolute atomic E-state index is 13.6. The van der Waals surface area contributed by atoms with E-state index in [1.165, 1.54) is 12.8 Å². The average Bonchev–Trinajstić information content (AvgIpc) is 3.52. The number of aryl methyl sites for hydroxylation is 2. The van der Waals surface area contributed by atoms with Gasteiger partial charge in [-0.15, -0.1) is 0 Å². The highest BCUT2D eigenvalue weighted by Crippen LogP contribution is 2.33. The van der Waals surface area contributed by atoms with Gasteiger partial charge in [0, 0.05) is 44.5 Å². The fourth-order valence-corrected chi connectivity index (χ4v) is 5.31. The molecule has 2 fully saturated rings. The van der Waals surface area contributed by atoms with Gasteiger partial charge in [0.15, 0.2) is 5.65 Å². The lowest BCUT2D eigenvalue weighted by atomic mass is 9.98. The fraction of sp³-hybridized carbons (Fsp3) is 0.600. The topological polar surface area (TPSA) is 71.6 Å². The van der Waals surface area contributed by atoms with E-state index in [4.69, 9.17) is 10.1 Å². The predicted molar refractivity (Wildman–Crippen MR) is 129 cm³/mol. The van der Waals surface area contributed by atoms with Gasteiger partial charge in [-0.3, -0.25) is 9.48 Å². The molecule has 0 aliphatic carbocycles. The molecule has 2 aliphatic heterocycles. The highest BCUT2D eigenvalue weighted by molar-refractivity contribution is 5.93. The van der Waals surface area contributed by atoms with Crippen molar-refractivity contribution < 1.29 is 4.79 Å². The molecule has 0 saturated carbocycles.